The van der Waals surface area contributed by atoms with Crippen molar-refractivity contribution in [3.05, 3.63) is 54.1 Å². The molecule has 1 fully saturated rings. The van der Waals surface area contributed by atoms with Gasteiger partial charge < -0.3 is 15.4 Å². The van der Waals surface area contributed by atoms with Gasteiger partial charge in [-0.25, -0.2) is 0 Å². The van der Waals surface area contributed by atoms with Crippen LogP contribution in [0.1, 0.15) is 24.8 Å². The monoisotopic (exact) mass is 376 g/mol. The highest BCUT2D eigenvalue weighted by atomic mass is 16.5. The highest BCUT2D eigenvalue weighted by Gasteiger charge is 2.33. The Morgan fingerprint density at radius 2 is 2.18 bits per heavy atom. The topological polar surface area (TPSA) is 97.9 Å². The van der Waals surface area contributed by atoms with Crippen molar-refractivity contribution in [3.8, 4) is 12.1 Å². The maximum absolute atomic E-state index is 12.5. The van der Waals surface area contributed by atoms with Crippen LogP contribution in [0, 0.1) is 28.1 Å². The molecule has 3 rings (SSSR count). The summed E-state index contributed by atoms with van der Waals surface area (Å²) in [4.78, 5) is 12.5. The molecule has 1 heterocycles. The van der Waals surface area contributed by atoms with Crippen molar-refractivity contribution in [2.24, 2.45) is 5.41 Å². The molecule has 0 aromatic heterocycles. The van der Waals surface area contributed by atoms with Crippen molar-refractivity contribution < 1.29 is 9.53 Å². The van der Waals surface area contributed by atoms with Crippen LogP contribution in [0.25, 0.3) is 5.57 Å². The maximum Gasteiger partial charge on any atom is 0.251 e. The summed E-state index contributed by atoms with van der Waals surface area (Å²) in [6.45, 7) is 1.75. The van der Waals surface area contributed by atoms with Gasteiger partial charge in [0.05, 0.1) is 17.6 Å². The summed E-state index contributed by atoms with van der Waals surface area (Å²) >= 11 is 0. The van der Waals surface area contributed by atoms with E-state index in [1.54, 1.807) is 0 Å². The Balaban J connectivity index is 1.64. The fourth-order valence-corrected chi connectivity index (χ4v) is 3.44. The van der Waals surface area contributed by atoms with Gasteiger partial charge in [0.1, 0.15) is 12.1 Å². The predicted octanol–water partition coefficient (Wildman–Crippen LogP) is 2.32. The Labute approximate surface area is 165 Å². The number of allylic oxidation sites excluding steroid dienone is 4. The quantitative estimate of drug-likeness (QED) is 0.822. The van der Waals surface area contributed by atoms with Gasteiger partial charge in [0.25, 0.3) is 5.91 Å². The van der Waals surface area contributed by atoms with Crippen molar-refractivity contribution in [1.82, 2.24) is 10.6 Å². The summed E-state index contributed by atoms with van der Waals surface area (Å²) in [5, 5.41) is 25.2. The summed E-state index contributed by atoms with van der Waals surface area (Å²) in [6.07, 6.45) is 6.78. The number of carbonyl (C=O) groups excluding carboxylic acids is 1. The molecule has 0 spiro atoms. The van der Waals surface area contributed by atoms with Crippen LogP contribution in [0.15, 0.2) is 48.6 Å². The predicted molar refractivity (Wildman–Crippen MR) is 106 cm³/mol. The van der Waals surface area contributed by atoms with Crippen LogP contribution >= 0.6 is 0 Å². The van der Waals surface area contributed by atoms with Crippen molar-refractivity contribution >= 4 is 11.5 Å². The first-order valence-corrected chi connectivity index (χ1v) is 9.54. The number of carbonyl (C=O) groups is 1. The van der Waals surface area contributed by atoms with E-state index in [1.807, 2.05) is 48.6 Å². The molecule has 2 unspecified atom stereocenters. The molecule has 1 aromatic rings. The van der Waals surface area contributed by atoms with Gasteiger partial charge in [-0.2, -0.15) is 10.5 Å². The number of hydrogen-bond donors (Lipinski definition) is 2. The molecule has 0 saturated carbocycles. The van der Waals surface area contributed by atoms with E-state index < -0.39 is 17.6 Å². The third-order valence-corrected chi connectivity index (χ3v) is 5.08. The van der Waals surface area contributed by atoms with Gasteiger partial charge >= 0.3 is 0 Å². The van der Waals surface area contributed by atoms with E-state index in [0.717, 1.165) is 24.1 Å². The van der Waals surface area contributed by atoms with E-state index in [-0.39, 0.29) is 12.3 Å². The minimum atomic E-state index is -0.811. The van der Waals surface area contributed by atoms with E-state index in [9.17, 15) is 15.3 Å². The lowest BCUT2D eigenvalue weighted by Gasteiger charge is -2.28. The van der Waals surface area contributed by atoms with Crippen molar-refractivity contribution in [3.63, 3.8) is 0 Å². The molecule has 6 nitrogen and oxygen atoms in total. The fraction of sp³-hybridized carbons (Fsp3) is 0.409. The van der Waals surface area contributed by atoms with Gasteiger partial charge in [-0.15, -0.1) is 0 Å². The molecular formula is C22H24N4O2. The van der Waals surface area contributed by atoms with Gasteiger partial charge in [-0.05, 0) is 30.5 Å². The van der Waals surface area contributed by atoms with Gasteiger partial charge in [0.2, 0.25) is 0 Å². The minimum Gasteiger partial charge on any atom is -0.367 e. The zero-order chi connectivity index (χ0) is 19.8. The molecule has 1 aliphatic carbocycles. The molecule has 1 aliphatic heterocycles. The molecule has 2 N–H and O–H groups in total. The first-order valence-electron chi connectivity index (χ1n) is 9.54. The molecule has 1 amide bonds. The highest BCUT2D eigenvalue weighted by Crippen LogP contribution is 2.36. The van der Waals surface area contributed by atoms with Gasteiger partial charge in [-0.3, -0.25) is 4.79 Å². The molecule has 1 aromatic carbocycles. The van der Waals surface area contributed by atoms with Crippen LogP contribution in [0.4, 0.5) is 0 Å². The molecule has 28 heavy (non-hydrogen) atoms. The molecule has 2 aliphatic rings. The largest absolute Gasteiger partial charge is 0.367 e. The number of hydrogen-bond acceptors (Lipinski definition) is 5. The third-order valence-electron chi connectivity index (χ3n) is 5.08. The Morgan fingerprint density at radius 1 is 1.36 bits per heavy atom. The number of ether oxygens (including phenoxy) is 1. The Kier molecular flexibility index (Phi) is 6.60. The normalized spacial score (nSPS) is 25.5. The number of nitriles is 2. The second-order valence-corrected chi connectivity index (χ2v) is 7.14. The number of rotatable bonds is 5. The Bertz CT molecular complexity index is 826. The molecule has 0 bridgehead atoms. The second kappa shape index (κ2) is 9.32. The van der Waals surface area contributed by atoms with Crippen molar-refractivity contribution in [1.29, 1.82) is 10.5 Å². The van der Waals surface area contributed by atoms with Crippen molar-refractivity contribution in [2.75, 3.05) is 19.7 Å². The summed E-state index contributed by atoms with van der Waals surface area (Å²) in [5.41, 5.74) is 1.34. The molecule has 0 radical (unpaired) electrons. The van der Waals surface area contributed by atoms with E-state index in [2.05, 4.69) is 22.8 Å². The lowest BCUT2D eigenvalue weighted by atomic mass is 9.76. The van der Waals surface area contributed by atoms with Crippen molar-refractivity contribution in [2.45, 2.75) is 31.4 Å². The molecule has 1 saturated heterocycles. The SMILES string of the molecule is N#CC(CC1(C#N)C=CC(c2ccccc2)=CC1)NC(=O)[C@@H]1CNCCCO1. The summed E-state index contributed by atoms with van der Waals surface area (Å²) in [5.74, 6) is -0.311. The van der Waals surface area contributed by atoms with Crippen LogP contribution in [0.5, 0.6) is 0 Å². The number of nitrogens with one attached hydrogen (secondary N) is 2. The number of benzene rings is 1. The first kappa shape index (κ1) is 19.8. The first-order chi connectivity index (χ1) is 13.7. The minimum absolute atomic E-state index is 0.237. The average molecular weight is 376 g/mol. The Hall–Kier alpha value is -2.93. The molecule has 3 atom stereocenters. The molecule has 6 heteroatoms. The third kappa shape index (κ3) is 4.86. The number of amides is 1. The zero-order valence-corrected chi connectivity index (χ0v) is 15.7. The standard InChI is InChI=1S/C22H24N4O2/c23-14-19(26-21(27)20-15-25-11-4-12-28-20)13-22(16-24)9-7-18(8-10-22)17-5-2-1-3-6-17/h1-3,5-9,19-20,25H,4,10-13,15H2,(H,26,27)/t19?,20-,22?/m0/s1. The van der Waals surface area contributed by atoms with Gasteiger partial charge in [0.15, 0.2) is 0 Å². The van der Waals surface area contributed by atoms with E-state index in [1.165, 1.54) is 0 Å². The van der Waals surface area contributed by atoms with Crippen LogP contribution in [-0.4, -0.2) is 37.7 Å². The zero-order valence-electron chi connectivity index (χ0n) is 15.7. The number of nitrogens with zero attached hydrogens (tertiary/aromatic N) is 2. The Morgan fingerprint density at radius 3 is 2.86 bits per heavy atom. The smallest absolute Gasteiger partial charge is 0.251 e. The lowest BCUT2D eigenvalue weighted by molar-refractivity contribution is -0.132. The summed E-state index contributed by atoms with van der Waals surface area (Å²) in [7, 11) is 0. The second-order valence-electron chi connectivity index (χ2n) is 7.14. The van der Waals surface area contributed by atoms with Crippen LogP contribution < -0.4 is 10.6 Å². The lowest BCUT2D eigenvalue weighted by Crippen LogP contribution is -2.46. The molecule has 144 valence electrons. The van der Waals surface area contributed by atoms with E-state index in [0.29, 0.717) is 19.6 Å². The van der Waals surface area contributed by atoms with E-state index in [4.69, 9.17) is 4.74 Å². The van der Waals surface area contributed by atoms with Gasteiger partial charge in [-0.1, -0.05) is 48.6 Å². The van der Waals surface area contributed by atoms with Crippen LogP contribution in [0.3, 0.4) is 0 Å². The van der Waals surface area contributed by atoms with Gasteiger partial charge in [0, 0.05) is 19.6 Å². The average Bonchev–Trinajstić information content (AvgIpc) is 3.04. The highest BCUT2D eigenvalue weighted by molar-refractivity contribution is 5.81. The molecular weight excluding hydrogens is 352 g/mol. The summed E-state index contributed by atoms with van der Waals surface area (Å²) < 4.78 is 5.54. The fourth-order valence-electron chi connectivity index (χ4n) is 3.44. The summed E-state index contributed by atoms with van der Waals surface area (Å²) in [6, 6.07) is 13.7. The maximum atomic E-state index is 12.5. The van der Waals surface area contributed by atoms with Crippen LogP contribution in [-0.2, 0) is 9.53 Å². The van der Waals surface area contributed by atoms with Crippen LogP contribution in [0.2, 0.25) is 0 Å². The van der Waals surface area contributed by atoms with E-state index >= 15 is 0 Å².